The number of aliphatic hydroxyl groups excluding tert-OH is 1. The SMILES string of the molecule is NNc1ccccc1C(=O)N1CCC(CCO)C1. The lowest BCUT2D eigenvalue weighted by Gasteiger charge is -2.18. The largest absolute Gasteiger partial charge is 0.396 e. The van der Waals surface area contributed by atoms with Crippen LogP contribution in [-0.4, -0.2) is 35.6 Å². The van der Waals surface area contributed by atoms with Gasteiger partial charge in [-0.15, -0.1) is 0 Å². The summed E-state index contributed by atoms with van der Waals surface area (Å²) in [7, 11) is 0. The summed E-state index contributed by atoms with van der Waals surface area (Å²) in [4.78, 5) is 14.2. The highest BCUT2D eigenvalue weighted by molar-refractivity contribution is 5.99. The van der Waals surface area contributed by atoms with E-state index in [0.717, 1.165) is 25.9 Å². The Bertz CT molecular complexity index is 422. The van der Waals surface area contributed by atoms with Gasteiger partial charge in [0, 0.05) is 19.7 Å². The molecule has 0 spiro atoms. The Morgan fingerprint density at radius 2 is 2.28 bits per heavy atom. The van der Waals surface area contributed by atoms with E-state index in [9.17, 15) is 4.79 Å². The number of carbonyl (C=O) groups is 1. The van der Waals surface area contributed by atoms with Crippen LogP contribution in [0.2, 0.25) is 0 Å². The van der Waals surface area contributed by atoms with Crippen LogP contribution in [-0.2, 0) is 0 Å². The minimum atomic E-state index is 0.00369. The molecular formula is C13H19N3O2. The summed E-state index contributed by atoms with van der Waals surface area (Å²) in [5.74, 6) is 5.83. The van der Waals surface area contributed by atoms with E-state index in [4.69, 9.17) is 10.9 Å². The van der Waals surface area contributed by atoms with Gasteiger partial charge in [0.25, 0.3) is 5.91 Å². The van der Waals surface area contributed by atoms with Crippen LogP contribution in [0.3, 0.4) is 0 Å². The molecule has 0 aromatic heterocycles. The van der Waals surface area contributed by atoms with Gasteiger partial charge in [0.2, 0.25) is 0 Å². The van der Waals surface area contributed by atoms with Gasteiger partial charge in [-0.05, 0) is 30.9 Å². The lowest BCUT2D eigenvalue weighted by Crippen LogP contribution is -2.29. The Morgan fingerprint density at radius 3 is 3.00 bits per heavy atom. The van der Waals surface area contributed by atoms with Crippen LogP contribution in [0.4, 0.5) is 5.69 Å². The van der Waals surface area contributed by atoms with Gasteiger partial charge in [-0.3, -0.25) is 10.6 Å². The van der Waals surface area contributed by atoms with Crippen molar-refractivity contribution in [3.05, 3.63) is 29.8 Å². The number of aliphatic hydroxyl groups is 1. The minimum absolute atomic E-state index is 0.00369. The second-order valence-corrected chi connectivity index (χ2v) is 4.61. The van der Waals surface area contributed by atoms with Crippen molar-refractivity contribution >= 4 is 11.6 Å². The molecule has 5 nitrogen and oxygen atoms in total. The Labute approximate surface area is 107 Å². The summed E-state index contributed by atoms with van der Waals surface area (Å²) in [5.41, 5.74) is 3.80. The van der Waals surface area contributed by atoms with Gasteiger partial charge in [-0.25, -0.2) is 0 Å². The van der Waals surface area contributed by atoms with Crippen molar-refractivity contribution in [3.63, 3.8) is 0 Å². The van der Waals surface area contributed by atoms with E-state index in [0.29, 0.717) is 17.2 Å². The van der Waals surface area contributed by atoms with E-state index >= 15 is 0 Å². The number of para-hydroxylation sites is 1. The summed E-state index contributed by atoms with van der Waals surface area (Å²) in [6.45, 7) is 1.66. The van der Waals surface area contributed by atoms with Crippen LogP contribution in [0.1, 0.15) is 23.2 Å². The van der Waals surface area contributed by atoms with E-state index in [1.54, 1.807) is 12.1 Å². The Hall–Kier alpha value is -1.59. The maximum atomic E-state index is 12.3. The van der Waals surface area contributed by atoms with Crippen molar-refractivity contribution in [1.29, 1.82) is 0 Å². The highest BCUT2D eigenvalue weighted by atomic mass is 16.3. The first-order chi connectivity index (χ1) is 8.76. The van der Waals surface area contributed by atoms with Crippen LogP contribution in [0.5, 0.6) is 0 Å². The average Bonchev–Trinajstić information content (AvgIpc) is 2.87. The average molecular weight is 249 g/mol. The zero-order valence-electron chi connectivity index (χ0n) is 10.3. The normalized spacial score (nSPS) is 19.0. The zero-order chi connectivity index (χ0) is 13.0. The summed E-state index contributed by atoms with van der Waals surface area (Å²) >= 11 is 0. The number of nitrogens with one attached hydrogen (secondary N) is 1. The van der Waals surface area contributed by atoms with Crippen LogP contribution >= 0.6 is 0 Å². The quantitative estimate of drug-likeness (QED) is 0.545. The summed E-state index contributed by atoms with van der Waals surface area (Å²) in [6, 6.07) is 7.23. The number of amides is 1. The number of hydrogen-bond donors (Lipinski definition) is 3. The molecule has 1 aromatic carbocycles. The summed E-state index contributed by atoms with van der Waals surface area (Å²) < 4.78 is 0. The Balaban J connectivity index is 2.08. The second kappa shape index (κ2) is 5.84. The standard InChI is InChI=1S/C13H19N3O2/c14-15-12-4-2-1-3-11(12)13(18)16-7-5-10(9-16)6-8-17/h1-4,10,15,17H,5-9,14H2. The van der Waals surface area contributed by atoms with E-state index < -0.39 is 0 Å². The van der Waals surface area contributed by atoms with Gasteiger partial charge >= 0.3 is 0 Å². The number of rotatable bonds is 4. The molecule has 1 aliphatic rings. The Morgan fingerprint density at radius 1 is 1.50 bits per heavy atom. The maximum absolute atomic E-state index is 12.3. The van der Waals surface area contributed by atoms with E-state index in [-0.39, 0.29) is 12.5 Å². The molecule has 1 amide bonds. The van der Waals surface area contributed by atoms with Crippen LogP contribution in [0.15, 0.2) is 24.3 Å². The minimum Gasteiger partial charge on any atom is -0.396 e. The fraction of sp³-hybridized carbons (Fsp3) is 0.462. The van der Waals surface area contributed by atoms with Crippen molar-refractivity contribution in [2.45, 2.75) is 12.8 Å². The Kier molecular flexibility index (Phi) is 4.17. The number of anilines is 1. The predicted octanol–water partition coefficient (Wildman–Crippen LogP) is 0.817. The molecule has 0 aliphatic carbocycles. The molecule has 1 aromatic rings. The van der Waals surface area contributed by atoms with E-state index in [2.05, 4.69) is 5.43 Å². The van der Waals surface area contributed by atoms with Crippen LogP contribution in [0, 0.1) is 5.92 Å². The molecular weight excluding hydrogens is 230 g/mol. The molecule has 0 radical (unpaired) electrons. The van der Waals surface area contributed by atoms with Gasteiger partial charge in [-0.2, -0.15) is 0 Å². The number of nitrogen functional groups attached to an aromatic ring is 1. The highest BCUT2D eigenvalue weighted by Gasteiger charge is 2.27. The lowest BCUT2D eigenvalue weighted by molar-refractivity contribution is 0.0785. The molecule has 0 bridgehead atoms. The third kappa shape index (κ3) is 2.63. The summed E-state index contributed by atoms with van der Waals surface area (Å²) in [6.07, 6.45) is 1.73. The maximum Gasteiger partial charge on any atom is 0.256 e. The molecule has 1 saturated heterocycles. The smallest absolute Gasteiger partial charge is 0.256 e. The fourth-order valence-corrected chi connectivity index (χ4v) is 2.40. The molecule has 5 heteroatoms. The molecule has 2 rings (SSSR count). The van der Waals surface area contributed by atoms with Crippen LogP contribution in [0.25, 0.3) is 0 Å². The highest BCUT2D eigenvalue weighted by Crippen LogP contribution is 2.23. The molecule has 1 aliphatic heterocycles. The zero-order valence-corrected chi connectivity index (χ0v) is 10.3. The first kappa shape index (κ1) is 12.9. The number of hydrogen-bond acceptors (Lipinski definition) is 4. The van der Waals surface area contributed by atoms with E-state index in [1.165, 1.54) is 0 Å². The van der Waals surface area contributed by atoms with Gasteiger partial charge in [-0.1, -0.05) is 12.1 Å². The van der Waals surface area contributed by atoms with Gasteiger partial charge in [0.05, 0.1) is 11.3 Å². The monoisotopic (exact) mass is 249 g/mol. The number of nitrogens with zero attached hydrogens (tertiary/aromatic N) is 1. The molecule has 4 N–H and O–H groups in total. The third-order valence-corrected chi connectivity index (χ3v) is 3.42. The van der Waals surface area contributed by atoms with Crippen LogP contribution < -0.4 is 11.3 Å². The van der Waals surface area contributed by atoms with Crippen molar-refractivity contribution in [1.82, 2.24) is 4.90 Å². The molecule has 1 fully saturated rings. The van der Waals surface area contributed by atoms with Crippen molar-refractivity contribution in [2.24, 2.45) is 11.8 Å². The number of nitrogens with two attached hydrogens (primary N) is 1. The molecule has 1 atom stereocenters. The summed E-state index contributed by atoms with van der Waals surface area (Å²) in [5, 5.41) is 8.92. The molecule has 98 valence electrons. The number of hydrazine groups is 1. The third-order valence-electron chi connectivity index (χ3n) is 3.42. The topological polar surface area (TPSA) is 78.6 Å². The predicted molar refractivity (Wildman–Crippen MR) is 70.0 cm³/mol. The number of benzene rings is 1. The molecule has 1 heterocycles. The van der Waals surface area contributed by atoms with Crippen molar-refractivity contribution < 1.29 is 9.90 Å². The van der Waals surface area contributed by atoms with Gasteiger partial charge < -0.3 is 15.4 Å². The van der Waals surface area contributed by atoms with Gasteiger partial charge in [0.15, 0.2) is 0 Å². The first-order valence-corrected chi connectivity index (χ1v) is 6.22. The molecule has 18 heavy (non-hydrogen) atoms. The van der Waals surface area contributed by atoms with Crippen molar-refractivity contribution in [3.8, 4) is 0 Å². The van der Waals surface area contributed by atoms with Crippen molar-refractivity contribution in [2.75, 3.05) is 25.1 Å². The molecule has 1 unspecified atom stereocenters. The second-order valence-electron chi connectivity index (χ2n) is 4.61. The van der Waals surface area contributed by atoms with E-state index in [1.807, 2.05) is 17.0 Å². The number of likely N-dealkylation sites (tertiary alicyclic amines) is 1. The first-order valence-electron chi connectivity index (χ1n) is 6.22. The van der Waals surface area contributed by atoms with Gasteiger partial charge in [0.1, 0.15) is 0 Å². The number of carbonyl (C=O) groups excluding carboxylic acids is 1. The fourth-order valence-electron chi connectivity index (χ4n) is 2.40. The molecule has 0 saturated carbocycles. The lowest BCUT2D eigenvalue weighted by atomic mass is 10.1.